The molecule has 8 heteroatoms. The predicted molar refractivity (Wildman–Crippen MR) is 138 cm³/mol. The minimum Gasteiger partial charge on any atom is -0.506 e. The van der Waals surface area contributed by atoms with Crippen molar-refractivity contribution in [3.8, 4) is 5.75 Å². The first-order valence-corrected chi connectivity index (χ1v) is 11.6. The number of aldehydes is 2. The van der Waals surface area contributed by atoms with Gasteiger partial charge >= 0.3 is 0 Å². The molecule has 2 N–H and O–H groups in total. The number of piperazine rings is 1. The molecule has 1 aromatic carbocycles. The van der Waals surface area contributed by atoms with Gasteiger partial charge in [-0.1, -0.05) is 25.6 Å². The van der Waals surface area contributed by atoms with Crippen molar-refractivity contribution in [3.05, 3.63) is 35.4 Å². The monoisotopic (exact) mass is 480 g/mol. The van der Waals surface area contributed by atoms with E-state index in [1.165, 1.54) is 44.9 Å². The molecular formula is C25H41ClN4O3. The van der Waals surface area contributed by atoms with Crippen LogP contribution < -0.4 is 5.32 Å². The fourth-order valence-electron chi connectivity index (χ4n) is 4.15. The van der Waals surface area contributed by atoms with Crippen LogP contribution in [0.15, 0.2) is 24.8 Å². The molecular weight excluding hydrogens is 440 g/mol. The molecule has 1 aliphatic carbocycles. The first-order chi connectivity index (χ1) is 15.3. The molecule has 0 amide bonds. The van der Waals surface area contributed by atoms with Gasteiger partial charge in [0.2, 0.25) is 0 Å². The maximum atomic E-state index is 10.2. The summed E-state index contributed by atoms with van der Waals surface area (Å²) in [4.78, 5) is 26.8. The van der Waals surface area contributed by atoms with Crippen LogP contribution in [0.3, 0.4) is 0 Å². The van der Waals surface area contributed by atoms with Crippen molar-refractivity contribution in [3.63, 3.8) is 0 Å². The highest BCUT2D eigenvalue weighted by atomic mass is 35.5. The summed E-state index contributed by atoms with van der Waals surface area (Å²) >= 11 is 6.01. The van der Waals surface area contributed by atoms with E-state index < -0.39 is 0 Å². The van der Waals surface area contributed by atoms with Gasteiger partial charge in [0.1, 0.15) is 18.3 Å². The Kier molecular flexibility index (Phi) is 12.7. The van der Waals surface area contributed by atoms with Crippen molar-refractivity contribution < 1.29 is 14.7 Å². The lowest BCUT2D eigenvalue weighted by Gasteiger charge is -2.49. The summed E-state index contributed by atoms with van der Waals surface area (Å²) in [5.74, 6) is 0.612. The highest BCUT2D eigenvalue weighted by molar-refractivity contribution is 6.31. The van der Waals surface area contributed by atoms with Crippen molar-refractivity contribution in [2.75, 3.05) is 58.7 Å². The highest BCUT2D eigenvalue weighted by Crippen LogP contribution is 2.45. The van der Waals surface area contributed by atoms with Crippen LogP contribution in [0.1, 0.15) is 38.7 Å². The third-order valence-electron chi connectivity index (χ3n) is 6.00. The zero-order valence-electron chi connectivity index (χ0n) is 19.5. The molecule has 1 saturated carbocycles. The molecule has 2 saturated heterocycles. The quantitative estimate of drug-likeness (QED) is 0.366. The van der Waals surface area contributed by atoms with Crippen molar-refractivity contribution in [2.24, 2.45) is 0 Å². The standard InChI is InChI=1S/C11H12ClNO2.C10H21N3.C3H4O.CH4/c12-9-6-11(15)10(13-3-4-14)5-8(9)7-1-2-7;1-9-6-11(2)4-5-13(9)10-7-12(3)8-10;1-2-3-4;/h4-7,13,15H,1-3H2;9-10H,4-8H2,1-3H3;2-3H,1H2;1H4. The van der Waals surface area contributed by atoms with Gasteiger partial charge < -0.3 is 25.0 Å². The summed E-state index contributed by atoms with van der Waals surface area (Å²) in [5, 5.41) is 13.0. The lowest BCUT2D eigenvalue weighted by atomic mass is 10.0. The Morgan fingerprint density at radius 3 is 2.27 bits per heavy atom. The molecule has 2 heterocycles. The molecule has 0 bridgehead atoms. The molecule has 3 fully saturated rings. The van der Waals surface area contributed by atoms with Gasteiger partial charge in [0.25, 0.3) is 0 Å². The van der Waals surface area contributed by atoms with Crippen LogP contribution in [-0.2, 0) is 9.59 Å². The maximum absolute atomic E-state index is 10.2. The number of phenolic OH excluding ortho intramolecular Hbond substituents is 1. The molecule has 0 spiro atoms. The van der Waals surface area contributed by atoms with Crippen molar-refractivity contribution in [1.29, 1.82) is 0 Å². The maximum Gasteiger partial charge on any atom is 0.142 e. The average molecular weight is 481 g/mol. The molecule has 1 unspecified atom stereocenters. The van der Waals surface area contributed by atoms with Crippen LogP contribution in [0.4, 0.5) is 5.69 Å². The highest BCUT2D eigenvalue weighted by Gasteiger charge is 2.34. The van der Waals surface area contributed by atoms with E-state index in [2.05, 4.69) is 47.6 Å². The van der Waals surface area contributed by atoms with Gasteiger partial charge in [-0.2, -0.15) is 0 Å². The number of halogens is 1. The molecule has 0 radical (unpaired) electrons. The number of phenols is 1. The number of allylic oxidation sites excluding steroid dienone is 1. The van der Waals surface area contributed by atoms with Gasteiger partial charge in [-0.25, -0.2) is 0 Å². The number of aromatic hydroxyl groups is 1. The van der Waals surface area contributed by atoms with E-state index in [0.29, 0.717) is 22.9 Å². The minimum atomic E-state index is 0. The Balaban J connectivity index is 0.000000279. The van der Waals surface area contributed by atoms with Crippen molar-refractivity contribution in [1.82, 2.24) is 14.7 Å². The van der Waals surface area contributed by atoms with E-state index in [1.54, 1.807) is 0 Å². The fourth-order valence-corrected chi connectivity index (χ4v) is 4.46. The molecule has 4 rings (SSSR count). The number of carbonyl (C=O) groups excluding carboxylic acids is 2. The van der Waals surface area contributed by atoms with Crippen LogP contribution in [0, 0.1) is 0 Å². The summed E-state index contributed by atoms with van der Waals surface area (Å²) in [7, 11) is 4.43. The molecule has 33 heavy (non-hydrogen) atoms. The molecule has 186 valence electrons. The second-order valence-corrected chi connectivity index (χ2v) is 9.22. The molecule has 7 nitrogen and oxygen atoms in total. The molecule has 3 aliphatic rings. The number of anilines is 1. The molecule has 1 atom stereocenters. The number of nitrogens with zero attached hydrogens (tertiary/aromatic N) is 3. The van der Waals surface area contributed by atoms with Crippen LogP contribution in [0.25, 0.3) is 0 Å². The van der Waals surface area contributed by atoms with Crippen molar-refractivity contribution in [2.45, 2.75) is 45.2 Å². The first kappa shape index (κ1) is 29.1. The zero-order valence-corrected chi connectivity index (χ0v) is 20.2. The summed E-state index contributed by atoms with van der Waals surface area (Å²) in [6.07, 6.45) is 4.89. The van der Waals surface area contributed by atoms with Crippen LogP contribution >= 0.6 is 11.6 Å². The number of hydrogen-bond donors (Lipinski definition) is 2. The van der Waals surface area contributed by atoms with Gasteiger partial charge in [0, 0.05) is 55.9 Å². The number of nitrogens with one attached hydrogen (secondary N) is 1. The lowest BCUT2D eigenvalue weighted by Crippen LogP contribution is -2.64. The first-order valence-electron chi connectivity index (χ1n) is 11.2. The number of rotatable bonds is 6. The van der Waals surface area contributed by atoms with Gasteiger partial charge in [-0.05, 0) is 57.5 Å². The van der Waals surface area contributed by atoms with Crippen LogP contribution in [0.5, 0.6) is 5.75 Å². The average Bonchev–Trinajstić information content (AvgIpc) is 3.57. The molecule has 0 aromatic heterocycles. The second kappa shape index (κ2) is 14.4. The van der Waals surface area contributed by atoms with Gasteiger partial charge in [-0.15, -0.1) is 0 Å². The topological polar surface area (TPSA) is 76.1 Å². The number of likely N-dealkylation sites (N-methyl/N-ethyl adjacent to an activating group) is 2. The summed E-state index contributed by atoms with van der Waals surface area (Å²) in [5.41, 5.74) is 1.64. The molecule has 1 aromatic rings. The number of likely N-dealkylation sites (tertiary alicyclic amines) is 1. The zero-order chi connectivity index (χ0) is 23.7. The van der Waals surface area contributed by atoms with Crippen molar-refractivity contribution >= 4 is 29.9 Å². The van der Waals surface area contributed by atoms with E-state index in [-0.39, 0.29) is 19.7 Å². The van der Waals surface area contributed by atoms with E-state index in [1.807, 2.05) is 6.07 Å². The third-order valence-corrected chi connectivity index (χ3v) is 6.33. The Bertz CT molecular complexity index is 758. The Morgan fingerprint density at radius 2 is 1.79 bits per heavy atom. The van der Waals surface area contributed by atoms with Crippen LogP contribution in [0.2, 0.25) is 5.02 Å². The Labute approximate surface area is 204 Å². The SMILES string of the molecule is C.C=CC=O.CC1CN(C)CCN1C1CN(C)C1.O=CCNc1cc(C2CC2)c(Cl)cc1O. The van der Waals surface area contributed by atoms with E-state index in [4.69, 9.17) is 16.4 Å². The Morgan fingerprint density at radius 1 is 1.15 bits per heavy atom. The summed E-state index contributed by atoms with van der Waals surface area (Å²) < 4.78 is 0. The summed E-state index contributed by atoms with van der Waals surface area (Å²) in [6, 6.07) is 4.95. The molecule has 2 aliphatic heterocycles. The van der Waals surface area contributed by atoms with E-state index in [0.717, 1.165) is 36.8 Å². The predicted octanol–water partition coefficient (Wildman–Crippen LogP) is 3.48. The smallest absolute Gasteiger partial charge is 0.142 e. The van der Waals surface area contributed by atoms with Gasteiger partial charge in [-0.3, -0.25) is 9.69 Å². The lowest BCUT2D eigenvalue weighted by molar-refractivity contribution is -0.106. The fraction of sp³-hybridized carbons (Fsp3) is 0.600. The third kappa shape index (κ3) is 9.08. The van der Waals surface area contributed by atoms with E-state index in [9.17, 15) is 9.90 Å². The Hall–Kier alpha value is -1.93. The second-order valence-electron chi connectivity index (χ2n) is 8.81. The number of hydrogen-bond acceptors (Lipinski definition) is 7. The van der Waals surface area contributed by atoms with Crippen LogP contribution in [-0.4, -0.2) is 97.8 Å². The largest absolute Gasteiger partial charge is 0.506 e. The van der Waals surface area contributed by atoms with E-state index >= 15 is 0 Å². The van der Waals surface area contributed by atoms with Gasteiger partial charge in [0.15, 0.2) is 0 Å². The minimum absolute atomic E-state index is 0. The number of benzene rings is 1. The normalized spacial score (nSPS) is 21.2. The summed E-state index contributed by atoms with van der Waals surface area (Å²) in [6.45, 7) is 11.9. The number of carbonyl (C=O) groups is 2. The van der Waals surface area contributed by atoms with Gasteiger partial charge in [0.05, 0.1) is 12.2 Å².